The largest absolute Gasteiger partial charge is 0.0651 e. The van der Waals surface area contributed by atoms with Crippen molar-refractivity contribution in [3.8, 4) is 0 Å². The Balaban J connectivity index is 3.59. The van der Waals surface area contributed by atoms with Crippen LogP contribution in [-0.2, 0) is 17.3 Å². The summed E-state index contributed by atoms with van der Waals surface area (Å²) in [7, 11) is 0. The molecular weight excluding hydrogens is 216 g/mol. The van der Waals surface area contributed by atoms with E-state index < -0.39 is 0 Å². The van der Waals surface area contributed by atoms with Crippen LogP contribution in [-0.4, -0.2) is 0 Å². The molecule has 0 aromatic heterocycles. The summed E-state index contributed by atoms with van der Waals surface area (Å²) in [6.07, 6.45) is 2.41. The monoisotopic (exact) mass is 246 g/mol. The summed E-state index contributed by atoms with van der Waals surface area (Å²) in [5.41, 5.74) is 6.49. The third-order valence-corrected chi connectivity index (χ3v) is 3.44. The Kier molecular flexibility index (Phi) is 4.30. The molecular formula is C18H30. The van der Waals surface area contributed by atoms with Gasteiger partial charge >= 0.3 is 0 Å². The van der Waals surface area contributed by atoms with Gasteiger partial charge in [-0.1, -0.05) is 72.6 Å². The molecule has 102 valence electrons. The fourth-order valence-corrected chi connectivity index (χ4v) is 2.81. The second-order valence-corrected chi connectivity index (χ2v) is 7.60. The smallest absolute Gasteiger partial charge is 0.0126 e. The van der Waals surface area contributed by atoms with Crippen molar-refractivity contribution in [3.63, 3.8) is 0 Å². The first-order chi connectivity index (χ1) is 8.07. The first kappa shape index (κ1) is 15.3. The molecule has 0 heteroatoms. The van der Waals surface area contributed by atoms with Gasteiger partial charge in [-0.2, -0.15) is 0 Å². The maximum Gasteiger partial charge on any atom is -0.0126 e. The van der Waals surface area contributed by atoms with Crippen molar-refractivity contribution in [3.05, 3.63) is 34.4 Å². The van der Waals surface area contributed by atoms with E-state index in [9.17, 15) is 0 Å². The van der Waals surface area contributed by atoms with Gasteiger partial charge in [0.25, 0.3) is 0 Å². The number of benzene rings is 1. The van der Waals surface area contributed by atoms with Gasteiger partial charge in [-0.25, -0.2) is 0 Å². The highest BCUT2D eigenvalue weighted by Crippen LogP contribution is 2.37. The minimum Gasteiger partial charge on any atom is -0.0651 e. The zero-order chi connectivity index (χ0) is 14.1. The van der Waals surface area contributed by atoms with Crippen molar-refractivity contribution in [2.24, 2.45) is 0 Å². The van der Waals surface area contributed by atoms with Crippen LogP contribution in [0.4, 0.5) is 0 Å². The lowest BCUT2D eigenvalue weighted by Crippen LogP contribution is -2.24. The van der Waals surface area contributed by atoms with Crippen LogP contribution in [0, 0.1) is 6.92 Å². The molecule has 0 nitrogen and oxygen atoms in total. The van der Waals surface area contributed by atoms with Crippen LogP contribution in [0.25, 0.3) is 0 Å². The zero-order valence-electron chi connectivity index (χ0n) is 13.6. The Bertz CT molecular complexity index is 411. The van der Waals surface area contributed by atoms with Crippen molar-refractivity contribution in [1.82, 2.24) is 0 Å². The van der Waals surface area contributed by atoms with Gasteiger partial charge in [-0.15, -0.1) is 0 Å². The van der Waals surface area contributed by atoms with Gasteiger partial charge in [-0.05, 0) is 40.9 Å². The Morgan fingerprint density at radius 2 is 1.44 bits per heavy atom. The van der Waals surface area contributed by atoms with Crippen LogP contribution in [0.1, 0.15) is 77.1 Å². The third kappa shape index (κ3) is 3.37. The van der Waals surface area contributed by atoms with Crippen molar-refractivity contribution in [1.29, 1.82) is 0 Å². The first-order valence-corrected chi connectivity index (χ1v) is 7.22. The Morgan fingerprint density at radius 3 is 1.83 bits per heavy atom. The van der Waals surface area contributed by atoms with E-state index in [-0.39, 0.29) is 10.8 Å². The molecule has 0 radical (unpaired) electrons. The van der Waals surface area contributed by atoms with E-state index in [0.717, 1.165) is 0 Å². The predicted molar refractivity (Wildman–Crippen MR) is 82.6 cm³/mol. The average Bonchev–Trinajstić information content (AvgIpc) is 2.13. The molecule has 0 heterocycles. The zero-order valence-corrected chi connectivity index (χ0v) is 13.6. The minimum atomic E-state index is 0.219. The molecule has 0 bridgehead atoms. The van der Waals surface area contributed by atoms with Crippen molar-refractivity contribution in [2.45, 2.75) is 79.1 Å². The molecule has 0 saturated carbocycles. The molecule has 18 heavy (non-hydrogen) atoms. The molecule has 0 saturated heterocycles. The van der Waals surface area contributed by atoms with E-state index in [2.05, 4.69) is 67.5 Å². The highest BCUT2D eigenvalue weighted by atomic mass is 14.3. The molecule has 0 fully saturated rings. The number of hydrogen-bond donors (Lipinski definition) is 0. The fraction of sp³-hybridized carbons (Fsp3) is 0.667. The van der Waals surface area contributed by atoms with E-state index in [1.54, 1.807) is 11.1 Å². The molecule has 1 rings (SSSR count). The number of rotatable bonds is 2. The molecule has 0 atom stereocenters. The van der Waals surface area contributed by atoms with Gasteiger partial charge in [-0.3, -0.25) is 0 Å². The van der Waals surface area contributed by atoms with Gasteiger partial charge in [0.15, 0.2) is 0 Å². The molecule has 0 N–H and O–H groups in total. The van der Waals surface area contributed by atoms with Crippen LogP contribution in [0.15, 0.2) is 12.1 Å². The summed E-state index contributed by atoms with van der Waals surface area (Å²) in [6, 6.07) is 4.78. The highest BCUT2D eigenvalue weighted by Gasteiger charge is 2.27. The van der Waals surface area contributed by atoms with Gasteiger partial charge in [0, 0.05) is 0 Å². The third-order valence-electron chi connectivity index (χ3n) is 3.44. The van der Waals surface area contributed by atoms with Gasteiger partial charge in [0.1, 0.15) is 0 Å². The minimum absolute atomic E-state index is 0.219. The number of aryl methyl sites for hydroxylation is 2. The second-order valence-electron chi connectivity index (χ2n) is 7.60. The van der Waals surface area contributed by atoms with Crippen LogP contribution < -0.4 is 0 Å². The molecule has 0 spiro atoms. The molecule has 0 aliphatic heterocycles. The molecule has 0 unspecified atom stereocenters. The van der Waals surface area contributed by atoms with Gasteiger partial charge in [0.2, 0.25) is 0 Å². The van der Waals surface area contributed by atoms with Crippen LogP contribution in [0.3, 0.4) is 0 Å². The number of hydrogen-bond acceptors (Lipinski definition) is 0. The van der Waals surface area contributed by atoms with E-state index in [0.29, 0.717) is 0 Å². The van der Waals surface area contributed by atoms with Gasteiger partial charge in [0.05, 0.1) is 0 Å². The van der Waals surface area contributed by atoms with Crippen LogP contribution in [0.2, 0.25) is 0 Å². The predicted octanol–water partition coefficient (Wildman–Crippen LogP) is 5.54. The van der Waals surface area contributed by atoms with E-state index >= 15 is 0 Å². The highest BCUT2D eigenvalue weighted by molar-refractivity contribution is 5.46. The SMILES string of the molecule is CCCc1cc(C)cc(C(C)(C)C)c1C(C)(C)C. The van der Waals surface area contributed by atoms with Crippen LogP contribution >= 0.6 is 0 Å². The molecule has 1 aromatic rings. The Hall–Kier alpha value is -0.780. The summed E-state index contributed by atoms with van der Waals surface area (Å²) >= 11 is 0. The summed E-state index contributed by atoms with van der Waals surface area (Å²) < 4.78 is 0. The van der Waals surface area contributed by atoms with E-state index in [4.69, 9.17) is 0 Å². The Morgan fingerprint density at radius 1 is 0.889 bits per heavy atom. The average molecular weight is 246 g/mol. The lowest BCUT2D eigenvalue weighted by Gasteiger charge is -2.33. The van der Waals surface area contributed by atoms with E-state index in [1.165, 1.54) is 24.0 Å². The fourth-order valence-electron chi connectivity index (χ4n) is 2.81. The van der Waals surface area contributed by atoms with Crippen molar-refractivity contribution < 1.29 is 0 Å². The second kappa shape index (κ2) is 5.07. The first-order valence-electron chi connectivity index (χ1n) is 7.22. The van der Waals surface area contributed by atoms with Gasteiger partial charge < -0.3 is 0 Å². The molecule has 0 amide bonds. The Labute approximate surface area is 114 Å². The molecule has 0 aliphatic rings. The van der Waals surface area contributed by atoms with E-state index in [1.807, 2.05) is 0 Å². The topological polar surface area (TPSA) is 0 Å². The summed E-state index contributed by atoms with van der Waals surface area (Å²) in [4.78, 5) is 0. The van der Waals surface area contributed by atoms with Crippen molar-refractivity contribution in [2.75, 3.05) is 0 Å². The summed E-state index contributed by atoms with van der Waals surface area (Å²) in [5, 5.41) is 0. The maximum atomic E-state index is 2.39. The lowest BCUT2D eigenvalue weighted by atomic mass is 9.72. The lowest BCUT2D eigenvalue weighted by molar-refractivity contribution is 0.523. The summed E-state index contributed by atoms with van der Waals surface area (Å²) in [6.45, 7) is 18.5. The molecule has 1 aromatic carbocycles. The molecule has 0 aliphatic carbocycles. The van der Waals surface area contributed by atoms with Crippen molar-refractivity contribution >= 4 is 0 Å². The summed E-state index contributed by atoms with van der Waals surface area (Å²) in [5.74, 6) is 0. The standard InChI is InChI=1S/C18H30/c1-9-10-14-11-13(2)12-15(17(3,4)5)16(14)18(6,7)8/h11-12H,9-10H2,1-8H3. The maximum absolute atomic E-state index is 2.39. The van der Waals surface area contributed by atoms with Crippen LogP contribution in [0.5, 0.6) is 0 Å². The quantitative estimate of drug-likeness (QED) is 0.642. The normalized spacial score (nSPS) is 12.9.